The number of rotatable bonds is 8. The molecule has 1 fully saturated rings. The van der Waals surface area contributed by atoms with Crippen molar-refractivity contribution in [2.75, 3.05) is 26.2 Å². The summed E-state index contributed by atoms with van der Waals surface area (Å²) < 4.78 is 28.2. The van der Waals surface area contributed by atoms with Crippen molar-refractivity contribution in [2.24, 2.45) is 5.92 Å². The van der Waals surface area contributed by atoms with Crippen LogP contribution >= 0.6 is 0 Å². The molecule has 6 nitrogen and oxygen atoms in total. The first-order valence-corrected chi connectivity index (χ1v) is 11.2. The summed E-state index contributed by atoms with van der Waals surface area (Å²) in [5.41, 5.74) is 4.67. The van der Waals surface area contributed by atoms with E-state index >= 15 is 0 Å². The van der Waals surface area contributed by atoms with E-state index < -0.39 is 10.0 Å². The zero-order valence-electron chi connectivity index (χ0n) is 17.2. The van der Waals surface area contributed by atoms with Crippen LogP contribution in [-0.4, -0.2) is 40.5 Å². The lowest BCUT2D eigenvalue weighted by Gasteiger charge is -2.19. The topological polar surface area (TPSA) is 87.3 Å². The number of carbonyl (C=O) groups is 1. The van der Waals surface area contributed by atoms with Crippen molar-refractivity contribution in [1.29, 1.82) is 0 Å². The van der Waals surface area contributed by atoms with Crippen LogP contribution in [0.3, 0.4) is 0 Å². The number of amides is 1. The SMILES string of the molecule is Cc1c(C)c(C)c(S(=O)(=O)NCCC(=O)NCCC2CCNC2)c(C)c1C. The van der Waals surface area contributed by atoms with E-state index in [9.17, 15) is 13.2 Å². The van der Waals surface area contributed by atoms with Gasteiger partial charge in [-0.1, -0.05) is 0 Å². The van der Waals surface area contributed by atoms with Crippen molar-refractivity contribution in [3.63, 3.8) is 0 Å². The molecule has 1 aromatic carbocycles. The van der Waals surface area contributed by atoms with Crippen LogP contribution in [0.2, 0.25) is 0 Å². The lowest BCUT2D eigenvalue weighted by atomic mass is 9.95. The predicted molar refractivity (Wildman–Crippen MR) is 109 cm³/mol. The average Bonchev–Trinajstić information content (AvgIpc) is 3.11. The fourth-order valence-electron chi connectivity index (χ4n) is 3.70. The quantitative estimate of drug-likeness (QED) is 0.628. The molecule has 2 rings (SSSR count). The maximum absolute atomic E-state index is 12.8. The molecule has 3 N–H and O–H groups in total. The normalized spacial score (nSPS) is 17.3. The highest BCUT2D eigenvalue weighted by Gasteiger charge is 2.23. The van der Waals surface area contributed by atoms with Crippen molar-refractivity contribution in [2.45, 2.75) is 58.8 Å². The molecule has 27 heavy (non-hydrogen) atoms. The highest BCUT2D eigenvalue weighted by atomic mass is 32.2. The highest BCUT2D eigenvalue weighted by Crippen LogP contribution is 2.29. The molecule has 7 heteroatoms. The smallest absolute Gasteiger partial charge is 0.241 e. The Kier molecular flexibility index (Phi) is 7.42. The molecule has 1 heterocycles. The highest BCUT2D eigenvalue weighted by molar-refractivity contribution is 7.89. The second kappa shape index (κ2) is 9.17. The minimum absolute atomic E-state index is 0.101. The lowest BCUT2D eigenvalue weighted by Crippen LogP contribution is -2.32. The van der Waals surface area contributed by atoms with Crippen molar-refractivity contribution in [3.8, 4) is 0 Å². The zero-order valence-corrected chi connectivity index (χ0v) is 18.0. The van der Waals surface area contributed by atoms with Crippen LogP contribution in [0.15, 0.2) is 4.90 Å². The number of hydrogen-bond donors (Lipinski definition) is 3. The number of carbonyl (C=O) groups excluding carboxylic acids is 1. The molecular weight excluding hydrogens is 362 g/mol. The van der Waals surface area contributed by atoms with Gasteiger partial charge in [0, 0.05) is 19.5 Å². The Labute approximate surface area is 163 Å². The molecule has 1 amide bonds. The predicted octanol–water partition coefficient (Wildman–Crippen LogP) is 2.01. The first kappa shape index (κ1) is 21.9. The lowest BCUT2D eigenvalue weighted by molar-refractivity contribution is -0.120. The minimum Gasteiger partial charge on any atom is -0.356 e. The van der Waals surface area contributed by atoms with Crippen LogP contribution in [0.25, 0.3) is 0 Å². The molecule has 1 aliphatic rings. The fraction of sp³-hybridized carbons (Fsp3) is 0.650. The van der Waals surface area contributed by atoms with Crippen molar-refractivity contribution in [3.05, 3.63) is 27.8 Å². The Morgan fingerprint density at radius 3 is 2.15 bits per heavy atom. The van der Waals surface area contributed by atoms with Crippen LogP contribution in [0, 0.1) is 40.5 Å². The Morgan fingerprint density at radius 1 is 1.00 bits per heavy atom. The van der Waals surface area contributed by atoms with E-state index in [1.165, 1.54) is 0 Å². The van der Waals surface area contributed by atoms with Crippen molar-refractivity contribution >= 4 is 15.9 Å². The van der Waals surface area contributed by atoms with Crippen LogP contribution in [0.4, 0.5) is 0 Å². The van der Waals surface area contributed by atoms with E-state index in [2.05, 4.69) is 15.4 Å². The summed E-state index contributed by atoms with van der Waals surface area (Å²) in [7, 11) is -3.65. The van der Waals surface area contributed by atoms with E-state index in [1.807, 2.05) is 34.6 Å². The second-order valence-electron chi connectivity index (χ2n) is 7.60. The Bertz CT molecular complexity index is 768. The maximum atomic E-state index is 12.8. The van der Waals surface area contributed by atoms with Crippen LogP contribution in [-0.2, 0) is 14.8 Å². The maximum Gasteiger partial charge on any atom is 0.241 e. The van der Waals surface area contributed by atoms with Gasteiger partial charge < -0.3 is 10.6 Å². The molecule has 0 spiro atoms. The summed E-state index contributed by atoms with van der Waals surface area (Å²) in [4.78, 5) is 12.3. The number of sulfonamides is 1. The molecular formula is C20H33N3O3S. The second-order valence-corrected chi connectivity index (χ2v) is 9.30. The summed E-state index contributed by atoms with van der Waals surface area (Å²) >= 11 is 0. The van der Waals surface area contributed by atoms with E-state index in [1.54, 1.807) is 0 Å². The molecule has 152 valence electrons. The number of nitrogens with one attached hydrogen (secondary N) is 3. The molecule has 1 saturated heterocycles. The van der Waals surface area contributed by atoms with E-state index in [0.717, 1.165) is 53.7 Å². The molecule has 0 bridgehead atoms. The molecule has 0 saturated carbocycles. The Morgan fingerprint density at radius 2 is 1.59 bits per heavy atom. The van der Waals surface area contributed by atoms with E-state index in [4.69, 9.17) is 0 Å². The summed E-state index contributed by atoms with van der Waals surface area (Å²) in [6, 6.07) is 0. The summed E-state index contributed by atoms with van der Waals surface area (Å²) in [5, 5.41) is 6.19. The molecule has 0 radical (unpaired) electrons. The molecule has 0 aromatic heterocycles. The number of hydrogen-bond acceptors (Lipinski definition) is 4. The summed E-state index contributed by atoms with van der Waals surface area (Å²) in [6.45, 7) is 12.4. The van der Waals surface area contributed by atoms with Gasteiger partial charge in [0.25, 0.3) is 0 Å². The third-order valence-electron chi connectivity index (χ3n) is 5.88. The molecule has 1 unspecified atom stereocenters. The number of benzene rings is 1. The van der Waals surface area contributed by atoms with Gasteiger partial charge >= 0.3 is 0 Å². The van der Waals surface area contributed by atoms with Gasteiger partial charge in [-0.05, 0) is 94.3 Å². The van der Waals surface area contributed by atoms with E-state index in [-0.39, 0.29) is 18.9 Å². The van der Waals surface area contributed by atoms with Gasteiger partial charge in [-0.3, -0.25) is 4.79 Å². The third kappa shape index (κ3) is 5.30. The first-order chi connectivity index (χ1) is 12.6. The van der Waals surface area contributed by atoms with Crippen molar-refractivity contribution < 1.29 is 13.2 Å². The van der Waals surface area contributed by atoms with Gasteiger partial charge in [0.2, 0.25) is 15.9 Å². The van der Waals surface area contributed by atoms with Crippen LogP contribution in [0.5, 0.6) is 0 Å². The van der Waals surface area contributed by atoms with Gasteiger partial charge in [-0.2, -0.15) is 0 Å². The Balaban J connectivity index is 1.90. The minimum atomic E-state index is -3.65. The summed E-state index contributed by atoms with van der Waals surface area (Å²) in [6.07, 6.45) is 2.26. The third-order valence-corrected chi connectivity index (χ3v) is 7.62. The molecule has 1 aliphatic heterocycles. The monoisotopic (exact) mass is 395 g/mol. The van der Waals surface area contributed by atoms with Gasteiger partial charge in [0.05, 0.1) is 4.90 Å². The molecule has 1 atom stereocenters. The fourth-order valence-corrected chi connectivity index (χ4v) is 5.33. The Hall–Kier alpha value is -1.44. The van der Waals surface area contributed by atoms with Crippen LogP contribution < -0.4 is 15.4 Å². The average molecular weight is 396 g/mol. The van der Waals surface area contributed by atoms with Crippen LogP contribution in [0.1, 0.15) is 47.1 Å². The van der Waals surface area contributed by atoms with Gasteiger partial charge in [-0.15, -0.1) is 0 Å². The molecule has 1 aromatic rings. The largest absolute Gasteiger partial charge is 0.356 e. The zero-order chi connectivity index (χ0) is 20.2. The summed E-state index contributed by atoms with van der Waals surface area (Å²) in [5.74, 6) is 0.510. The molecule has 0 aliphatic carbocycles. The first-order valence-electron chi connectivity index (χ1n) is 9.69. The van der Waals surface area contributed by atoms with Gasteiger partial charge in [0.15, 0.2) is 0 Å². The van der Waals surface area contributed by atoms with E-state index in [0.29, 0.717) is 17.4 Å². The van der Waals surface area contributed by atoms with Gasteiger partial charge in [-0.25, -0.2) is 13.1 Å². The van der Waals surface area contributed by atoms with Gasteiger partial charge in [0.1, 0.15) is 0 Å². The standard InChI is InChI=1S/C20H33N3O3S/c1-13-14(2)16(4)20(17(5)15(13)3)27(25,26)23-11-8-19(24)22-10-7-18-6-9-21-12-18/h18,21,23H,6-12H2,1-5H3,(H,22,24). The van der Waals surface area contributed by atoms with Crippen molar-refractivity contribution in [1.82, 2.24) is 15.4 Å².